The van der Waals surface area contributed by atoms with Gasteiger partial charge in [0, 0.05) is 16.2 Å². The molecule has 2 aromatic rings. The first-order valence-corrected chi connectivity index (χ1v) is 5.23. The topological polar surface area (TPSA) is 12.9 Å². The van der Waals surface area contributed by atoms with Crippen molar-refractivity contribution in [2.75, 3.05) is 0 Å². The van der Waals surface area contributed by atoms with Crippen LogP contribution < -0.4 is 0 Å². The van der Waals surface area contributed by atoms with Crippen molar-refractivity contribution >= 4 is 27.5 Å². The fraction of sp³-hybridized carbons (Fsp3) is 0. The molecule has 0 fully saturated rings. The van der Waals surface area contributed by atoms with E-state index in [4.69, 9.17) is 11.6 Å². The normalized spacial score (nSPS) is 10.1. The molecule has 0 unspecified atom stereocenters. The number of pyridine rings is 1. The van der Waals surface area contributed by atoms with Gasteiger partial charge in [-0.15, -0.1) is 0 Å². The van der Waals surface area contributed by atoms with Gasteiger partial charge in [0.15, 0.2) is 0 Å². The summed E-state index contributed by atoms with van der Waals surface area (Å²) in [6.45, 7) is 0. The van der Waals surface area contributed by atoms with E-state index in [0.717, 1.165) is 15.6 Å². The van der Waals surface area contributed by atoms with Gasteiger partial charge in [-0.3, -0.25) is 4.98 Å². The SMILES string of the molecule is Clc1[c]nccc1-c1ccccc1Br. The molecule has 14 heavy (non-hydrogen) atoms. The average molecular weight is 268 g/mol. The van der Waals surface area contributed by atoms with Gasteiger partial charge in [-0.2, -0.15) is 0 Å². The zero-order valence-corrected chi connectivity index (χ0v) is 9.51. The van der Waals surface area contributed by atoms with Gasteiger partial charge in [-0.05, 0) is 17.7 Å². The van der Waals surface area contributed by atoms with Crippen LogP contribution in [0.25, 0.3) is 11.1 Å². The Bertz CT molecular complexity index is 413. The Hall–Kier alpha value is -0.860. The quantitative estimate of drug-likeness (QED) is 0.762. The predicted octanol–water partition coefficient (Wildman–Crippen LogP) is 3.96. The van der Waals surface area contributed by atoms with E-state index in [9.17, 15) is 0 Å². The third-order valence-corrected chi connectivity index (χ3v) is 2.86. The first kappa shape index (κ1) is 9.69. The molecule has 3 heteroatoms. The van der Waals surface area contributed by atoms with E-state index in [-0.39, 0.29) is 0 Å². The largest absolute Gasteiger partial charge is 0.253 e. The van der Waals surface area contributed by atoms with Crippen LogP contribution in [0.15, 0.2) is 41.0 Å². The monoisotopic (exact) mass is 266 g/mol. The smallest absolute Gasteiger partial charge is 0.109 e. The second-order valence-corrected chi connectivity index (χ2v) is 4.00. The lowest BCUT2D eigenvalue weighted by atomic mass is 10.1. The van der Waals surface area contributed by atoms with Crippen molar-refractivity contribution in [3.63, 3.8) is 0 Å². The van der Waals surface area contributed by atoms with E-state index in [1.807, 2.05) is 30.3 Å². The van der Waals surface area contributed by atoms with Crippen molar-refractivity contribution in [3.05, 3.63) is 52.2 Å². The first-order valence-electron chi connectivity index (χ1n) is 4.06. The van der Waals surface area contributed by atoms with Crippen LogP contribution in [-0.4, -0.2) is 4.98 Å². The average Bonchev–Trinajstić information content (AvgIpc) is 2.20. The van der Waals surface area contributed by atoms with E-state index in [2.05, 4.69) is 27.1 Å². The van der Waals surface area contributed by atoms with Crippen LogP contribution in [0.1, 0.15) is 0 Å². The highest BCUT2D eigenvalue weighted by atomic mass is 79.9. The van der Waals surface area contributed by atoms with E-state index < -0.39 is 0 Å². The number of nitrogens with zero attached hydrogens (tertiary/aromatic N) is 1. The van der Waals surface area contributed by atoms with Gasteiger partial charge in [0.05, 0.1) is 5.02 Å². The third-order valence-electron chi connectivity index (χ3n) is 1.88. The lowest BCUT2D eigenvalue weighted by molar-refractivity contribution is 1.31. The summed E-state index contributed by atoms with van der Waals surface area (Å²) in [5.41, 5.74) is 1.99. The van der Waals surface area contributed by atoms with E-state index in [1.165, 1.54) is 0 Å². The van der Waals surface area contributed by atoms with Gasteiger partial charge < -0.3 is 0 Å². The van der Waals surface area contributed by atoms with Crippen LogP contribution in [0.4, 0.5) is 0 Å². The Balaban J connectivity index is 2.61. The maximum atomic E-state index is 5.99. The van der Waals surface area contributed by atoms with Crippen LogP contribution in [0.3, 0.4) is 0 Å². The van der Waals surface area contributed by atoms with E-state index in [1.54, 1.807) is 6.20 Å². The Morgan fingerprint density at radius 2 is 1.93 bits per heavy atom. The first-order chi connectivity index (χ1) is 6.79. The molecule has 0 spiro atoms. The van der Waals surface area contributed by atoms with E-state index >= 15 is 0 Å². The molecular weight excluding hydrogens is 261 g/mol. The molecule has 0 atom stereocenters. The molecule has 0 N–H and O–H groups in total. The summed E-state index contributed by atoms with van der Waals surface area (Å²) in [6.07, 6.45) is 4.40. The lowest BCUT2D eigenvalue weighted by Crippen LogP contribution is -1.82. The molecule has 1 heterocycles. The highest BCUT2D eigenvalue weighted by Crippen LogP contribution is 2.31. The molecule has 0 aliphatic heterocycles. The van der Waals surface area contributed by atoms with E-state index in [0.29, 0.717) is 5.02 Å². The summed E-state index contributed by atoms with van der Waals surface area (Å²) in [5.74, 6) is 0. The lowest BCUT2D eigenvalue weighted by Gasteiger charge is -2.04. The summed E-state index contributed by atoms with van der Waals surface area (Å²) in [4.78, 5) is 3.83. The molecule has 0 saturated carbocycles. The number of aromatic nitrogens is 1. The summed E-state index contributed by atoms with van der Waals surface area (Å²) in [7, 11) is 0. The van der Waals surface area contributed by atoms with Crippen molar-refractivity contribution in [3.8, 4) is 11.1 Å². The molecule has 1 radical (unpaired) electrons. The highest BCUT2D eigenvalue weighted by Gasteiger charge is 2.05. The van der Waals surface area contributed by atoms with Crippen LogP contribution in [0, 0.1) is 6.20 Å². The highest BCUT2D eigenvalue weighted by molar-refractivity contribution is 9.10. The predicted molar refractivity (Wildman–Crippen MR) is 61.2 cm³/mol. The van der Waals surface area contributed by atoms with Gasteiger partial charge in [0.1, 0.15) is 6.20 Å². The zero-order valence-electron chi connectivity index (χ0n) is 7.17. The minimum Gasteiger partial charge on any atom is -0.253 e. The standard InChI is InChI=1S/C11H6BrClN/c12-10-4-2-1-3-8(10)9-5-6-14-7-11(9)13/h1-6H. The minimum atomic E-state index is 0.541. The molecule has 0 saturated heterocycles. The molecule has 0 aliphatic carbocycles. The van der Waals surface area contributed by atoms with Gasteiger partial charge in [-0.1, -0.05) is 45.7 Å². The number of hydrogen-bond acceptors (Lipinski definition) is 1. The molecular formula is C11H6BrClN. The second-order valence-electron chi connectivity index (χ2n) is 2.76. The Labute approximate surface area is 95.9 Å². The fourth-order valence-electron chi connectivity index (χ4n) is 1.23. The Kier molecular flexibility index (Phi) is 2.85. The molecule has 1 aromatic heterocycles. The maximum absolute atomic E-state index is 5.99. The minimum absolute atomic E-state index is 0.541. The van der Waals surface area contributed by atoms with Crippen LogP contribution in [-0.2, 0) is 0 Å². The summed E-state index contributed by atoms with van der Waals surface area (Å²) in [6, 6.07) is 9.79. The molecule has 0 bridgehead atoms. The summed E-state index contributed by atoms with van der Waals surface area (Å²) in [5, 5.41) is 0.541. The van der Waals surface area contributed by atoms with Gasteiger partial charge in [-0.25, -0.2) is 0 Å². The Morgan fingerprint density at radius 1 is 1.14 bits per heavy atom. The number of benzene rings is 1. The second kappa shape index (κ2) is 4.11. The van der Waals surface area contributed by atoms with Crippen molar-refractivity contribution in [1.29, 1.82) is 0 Å². The fourth-order valence-corrected chi connectivity index (χ4v) is 1.94. The van der Waals surface area contributed by atoms with Crippen molar-refractivity contribution in [1.82, 2.24) is 4.98 Å². The van der Waals surface area contributed by atoms with Gasteiger partial charge >= 0.3 is 0 Å². The molecule has 2 rings (SSSR count). The van der Waals surface area contributed by atoms with Crippen molar-refractivity contribution < 1.29 is 0 Å². The Morgan fingerprint density at radius 3 is 2.64 bits per heavy atom. The van der Waals surface area contributed by atoms with Crippen LogP contribution >= 0.6 is 27.5 Å². The summed E-state index contributed by atoms with van der Waals surface area (Å²) >= 11 is 9.47. The molecule has 69 valence electrons. The van der Waals surface area contributed by atoms with Gasteiger partial charge in [0.25, 0.3) is 0 Å². The number of halogens is 2. The molecule has 0 aliphatic rings. The van der Waals surface area contributed by atoms with Crippen molar-refractivity contribution in [2.24, 2.45) is 0 Å². The molecule has 1 aromatic carbocycles. The molecule has 1 nitrogen and oxygen atoms in total. The van der Waals surface area contributed by atoms with Gasteiger partial charge in [0.2, 0.25) is 0 Å². The maximum Gasteiger partial charge on any atom is 0.109 e. The van der Waals surface area contributed by atoms with Crippen LogP contribution in [0.2, 0.25) is 5.02 Å². The molecule has 0 amide bonds. The summed E-state index contributed by atoms with van der Waals surface area (Å²) < 4.78 is 1.02. The third kappa shape index (κ3) is 1.81. The number of hydrogen-bond donors (Lipinski definition) is 0. The van der Waals surface area contributed by atoms with Crippen LogP contribution in [0.5, 0.6) is 0 Å². The number of rotatable bonds is 1. The zero-order chi connectivity index (χ0) is 9.97. The van der Waals surface area contributed by atoms with Crippen molar-refractivity contribution in [2.45, 2.75) is 0 Å².